The smallest absolute Gasteiger partial charge is 0.228 e. The number of rotatable bonds is 7. The monoisotopic (exact) mass is 305 g/mol. The lowest BCUT2D eigenvalue weighted by atomic mass is 10.2. The van der Waals surface area contributed by atoms with Crippen LogP contribution in [0.2, 0.25) is 5.02 Å². The number of nitrogens with zero attached hydrogens (tertiary/aromatic N) is 1. The van der Waals surface area contributed by atoms with E-state index in [1.165, 1.54) is 25.7 Å². The predicted molar refractivity (Wildman–Crippen MR) is 71.2 cm³/mol. The Balaban J connectivity index is 2.21. The molecule has 2 nitrogen and oxygen atoms in total. The van der Waals surface area contributed by atoms with E-state index in [0.717, 1.165) is 17.5 Å². The Morgan fingerprint density at radius 3 is 2.75 bits per heavy atom. The molecule has 0 spiro atoms. The predicted octanol–water partition coefficient (Wildman–Crippen LogP) is 4.85. The molecule has 1 rings (SSSR count). The van der Waals surface area contributed by atoms with Crippen LogP contribution in [0.15, 0.2) is 16.7 Å². The van der Waals surface area contributed by atoms with Gasteiger partial charge in [0.2, 0.25) is 5.88 Å². The van der Waals surface area contributed by atoms with Crippen LogP contribution in [0.1, 0.15) is 39.0 Å². The third kappa shape index (κ3) is 5.17. The van der Waals surface area contributed by atoms with Gasteiger partial charge in [-0.3, -0.25) is 0 Å². The highest BCUT2D eigenvalue weighted by Crippen LogP contribution is 2.25. The van der Waals surface area contributed by atoms with Crippen LogP contribution in [-0.4, -0.2) is 11.6 Å². The SMILES string of the molecule is CCCCCCCOc1ncc(Cl)cc1Br. The lowest BCUT2D eigenvalue weighted by Gasteiger charge is -2.06. The Kier molecular flexibility index (Phi) is 6.81. The topological polar surface area (TPSA) is 22.1 Å². The third-order valence-electron chi connectivity index (χ3n) is 2.26. The van der Waals surface area contributed by atoms with Crippen molar-refractivity contribution in [1.82, 2.24) is 4.98 Å². The summed E-state index contributed by atoms with van der Waals surface area (Å²) < 4.78 is 6.37. The molecule has 90 valence electrons. The molecule has 0 saturated carbocycles. The van der Waals surface area contributed by atoms with Crippen molar-refractivity contribution in [3.8, 4) is 5.88 Å². The molecule has 0 radical (unpaired) electrons. The van der Waals surface area contributed by atoms with E-state index in [0.29, 0.717) is 10.9 Å². The molecule has 1 aromatic heterocycles. The van der Waals surface area contributed by atoms with Crippen LogP contribution in [0.3, 0.4) is 0 Å². The first kappa shape index (κ1) is 13.8. The van der Waals surface area contributed by atoms with Crippen LogP contribution < -0.4 is 4.74 Å². The van der Waals surface area contributed by atoms with E-state index in [9.17, 15) is 0 Å². The van der Waals surface area contributed by atoms with Crippen molar-refractivity contribution < 1.29 is 4.74 Å². The van der Waals surface area contributed by atoms with Crippen molar-refractivity contribution in [2.75, 3.05) is 6.61 Å². The Labute approximate surface area is 110 Å². The molecule has 0 bridgehead atoms. The highest BCUT2D eigenvalue weighted by atomic mass is 79.9. The van der Waals surface area contributed by atoms with Crippen molar-refractivity contribution in [3.05, 3.63) is 21.8 Å². The summed E-state index contributed by atoms with van der Waals surface area (Å²) in [5, 5.41) is 0.613. The van der Waals surface area contributed by atoms with E-state index in [1.54, 1.807) is 12.3 Å². The molecular weight excluding hydrogens is 289 g/mol. The van der Waals surface area contributed by atoms with Crippen LogP contribution in [0, 0.1) is 0 Å². The van der Waals surface area contributed by atoms with E-state index in [4.69, 9.17) is 16.3 Å². The van der Waals surface area contributed by atoms with Gasteiger partial charge in [-0.15, -0.1) is 0 Å². The van der Waals surface area contributed by atoms with Crippen LogP contribution in [0.4, 0.5) is 0 Å². The molecule has 4 heteroatoms. The van der Waals surface area contributed by atoms with Crippen molar-refractivity contribution >= 4 is 27.5 Å². The molecule has 0 aliphatic heterocycles. The van der Waals surface area contributed by atoms with Crippen LogP contribution >= 0.6 is 27.5 Å². The fraction of sp³-hybridized carbons (Fsp3) is 0.583. The van der Waals surface area contributed by atoms with E-state index in [-0.39, 0.29) is 0 Å². The van der Waals surface area contributed by atoms with Gasteiger partial charge in [-0.1, -0.05) is 44.2 Å². The summed E-state index contributed by atoms with van der Waals surface area (Å²) >= 11 is 9.16. The Morgan fingerprint density at radius 2 is 2.06 bits per heavy atom. The zero-order valence-electron chi connectivity index (χ0n) is 9.51. The fourth-order valence-electron chi connectivity index (χ4n) is 1.38. The number of ether oxygens (including phenoxy) is 1. The van der Waals surface area contributed by atoms with Crippen molar-refractivity contribution in [2.24, 2.45) is 0 Å². The van der Waals surface area contributed by atoms with E-state index >= 15 is 0 Å². The lowest BCUT2D eigenvalue weighted by Crippen LogP contribution is -1.99. The summed E-state index contributed by atoms with van der Waals surface area (Å²) in [6.45, 7) is 2.93. The molecule has 0 N–H and O–H groups in total. The number of hydrogen-bond donors (Lipinski definition) is 0. The minimum atomic E-state index is 0.613. The van der Waals surface area contributed by atoms with Gasteiger partial charge in [0.25, 0.3) is 0 Å². The van der Waals surface area contributed by atoms with Crippen LogP contribution in [0.5, 0.6) is 5.88 Å². The summed E-state index contributed by atoms with van der Waals surface area (Å²) in [4.78, 5) is 4.11. The highest BCUT2D eigenvalue weighted by molar-refractivity contribution is 9.10. The molecule has 1 aromatic rings. The second-order valence-electron chi connectivity index (χ2n) is 3.70. The second kappa shape index (κ2) is 7.91. The molecular formula is C12H17BrClNO. The number of pyridine rings is 1. The first-order chi connectivity index (χ1) is 7.74. The maximum absolute atomic E-state index is 5.79. The maximum atomic E-state index is 5.79. The molecule has 0 aliphatic rings. The Morgan fingerprint density at radius 1 is 1.31 bits per heavy atom. The first-order valence-electron chi connectivity index (χ1n) is 5.68. The average Bonchev–Trinajstić information content (AvgIpc) is 2.26. The molecule has 0 unspecified atom stereocenters. The zero-order chi connectivity index (χ0) is 11.8. The quantitative estimate of drug-likeness (QED) is 0.672. The second-order valence-corrected chi connectivity index (χ2v) is 4.99. The molecule has 1 heterocycles. The van der Waals surface area contributed by atoms with Gasteiger partial charge < -0.3 is 4.74 Å². The standard InChI is InChI=1S/C12H17BrClNO/c1-2-3-4-5-6-7-16-12-11(13)8-10(14)9-15-12/h8-9H,2-7H2,1H3. The van der Waals surface area contributed by atoms with Gasteiger partial charge in [0.05, 0.1) is 16.1 Å². The minimum absolute atomic E-state index is 0.613. The summed E-state index contributed by atoms with van der Waals surface area (Å²) in [6, 6.07) is 1.79. The molecule has 0 saturated heterocycles. The van der Waals surface area contributed by atoms with Gasteiger partial charge in [-0.05, 0) is 28.4 Å². The first-order valence-corrected chi connectivity index (χ1v) is 6.85. The van der Waals surface area contributed by atoms with Gasteiger partial charge in [0.1, 0.15) is 0 Å². The van der Waals surface area contributed by atoms with Gasteiger partial charge in [0, 0.05) is 6.20 Å². The van der Waals surface area contributed by atoms with E-state index in [2.05, 4.69) is 27.8 Å². The van der Waals surface area contributed by atoms with E-state index in [1.807, 2.05) is 0 Å². The highest BCUT2D eigenvalue weighted by Gasteiger charge is 2.02. The molecule has 0 fully saturated rings. The van der Waals surface area contributed by atoms with Gasteiger partial charge in [-0.2, -0.15) is 0 Å². The summed E-state index contributed by atoms with van der Waals surface area (Å²) in [5.41, 5.74) is 0. The average molecular weight is 307 g/mol. The number of aromatic nitrogens is 1. The minimum Gasteiger partial charge on any atom is -0.477 e. The summed E-state index contributed by atoms with van der Waals surface area (Å²) in [5.74, 6) is 0.625. The van der Waals surface area contributed by atoms with Crippen LogP contribution in [0.25, 0.3) is 0 Å². The molecule has 0 atom stereocenters. The maximum Gasteiger partial charge on any atom is 0.228 e. The number of unbranched alkanes of at least 4 members (excludes halogenated alkanes) is 4. The fourth-order valence-corrected chi connectivity index (χ4v) is 2.14. The molecule has 0 aliphatic carbocycles. The van der Waals surface area contributed by atoms with Crippen molar-refractivity contribution in [1.29, 1.82) is 0 Å². The normalized spacial score (nSPS) is 10.4. The van der Waals surface area contributed by atoms with Crippen LogP contribution in [-0.2, 0) is 0 Å². The zero-order valence-corrected chi connectivity index (χ0v) is 11.9. The number of halogens is 2. The molecule has 0 aromatic carbocycles. The Hall–Kier alpha value is -0.280. The van der Waals surface area contributed by atoms with Crippen molar-refractivity contribution in [2.45, 2.75) is 39.0 Å². The van der Waals surface area contributed by atoms with E-state index < -0.39 is 0 Å². The van der Waals surface area contributed by atoms with Gasteiger partial charge >= 0.3 is 0 Å². The third-order valence-corrected chi connectivity index (χ3v) is 3.04. The lowest BCUT2D eigenvalue weighted by molar-refractivity contribution is 0.291. The van der Waals surface area contributed by atoms with Gasteiger partial charge in [-0.25, -0.2) is 4.98 Å². The Bertz CT molecular complexity index is 320. The molecule has 0 amide bonds. The number of hydrogen-bond acceptors (Lipinski definition) is 2. The summed E-state index contributed by atoms with van der Waals surface area (Å²) in [6.07, 6.45) is 7.76. The molecule has 16 heavy (non-hydrogen) atoms. The largest absolute Gasteiger partial charge is 0.477 e. The van der Waals surface area contributed by atoms with Gasteiger partial charge in [0.15, 0.2) is 0 Å². The van der Waals surface area contributed by atoms with Crippen molar-refractivity contribution in [3.63, 3.8) is 0 Å². The summed E-state index contributed by atoms with van der Waals surface area (Å²) in [7, 11) is 0.